The molecular weight excluding hydrogens is 282 g/mol. The highest BCUT2D eigenvalue weighted by atomic mass is 32.2. The molecule has 3 rings (SSSR count). The summed E-state index contributed by atoms with van der Waals surface area (Å²) in [6.45, 7) is 4.89. The number of benzene rings is 1. The van der Waals surface area contributed by atoms with Crippen LogP contribution < -0.4 is 0 Å². The number of hydrogen-bond acceptors (Lipinski definition) is 3. The van der Waals surface area contributed by atoms with Gasteiger partial charge in [0.25, 0.3) is 0 Å². The van der Waals surface area contributed by atoms with Crippen molar-refractivity contribution in [3.63, 3.8) is 0 Å². The summed E-state index contributed by atoms with van der Waals surface area (Å²) in [4.78, 5) is 14.5. The number of carbonyl (C=O) groups excluding carboxylic acids is 1. The molecule has 0 N–H and O–H groups in total. The Morgan fingerprint density at radius 1 is 1.33 bits per heavy atom. The molecule has 0 bridgehead atoms. The van der Waals surface area contributed by atoms with Crippen LogP contribution in [0.25, 0.3) is 0 Å². The molecule has 1 fully saturated rings. The van der Waals surface area contributed by atoms with E-state index in [2.05, 4.69) is 31.2 Å². The minimum absolute atomic E-state index is 0.0271. The van der Waals surface area contributed by atoms with Crippen LogP contribution in [0.5, 0.6) is 0 Å². The average molecular weight is 305 g/mol. The van der Waals surface area contributed by atoms with Gasteiger partial charge in [0, 0.05) is 18.3 Å². The van der Waals surface area contributed by atoms with Crippen molar-refractivity contribution >= 4 is 17.7 Å². The topological polar surface area (TPSA) is 29.5 Å². The molecule has 114 valence electrons. The normalized spacial score (nSPS) is 23.5. The van der Waals surface area contributed by atoms with Gasteiger partial charge in [-0.1, -0.05) is 24.3 Å². The Hall–Kier alpha value is -1.00. The molecule has 1 saturated heterocycles. The van der Waals surface area contributed by atoms with Gasteiger partial charge in [-0.25, -0.2) is 0 Å². The first-order valence-corrected chi connectivity index (χ1v) is 8.80. The molecule has 21 heavy (non-hydrogen) atoms. The van der Waals surface area contributed by atoms with E-state index < -0.39 is 0 Å². The molecule has 1 aliphatic carbocycles. The summed E-state index contributed by atoms with van der Waals surface area (Å²) >= 11 is 1.83. The van der Waals surface area contributed by atoms with Crippen LogP contribution in [0.4, 0.5) is 0 Å². The monoisotopic (exact) mass is 305 g/mol. The van der Waals surface area contributed by atoms with Crippen LogP contribution in [-0.4, -0.2) is 42.4 Å². The smallest absolute Gasteiger partial charge is 0.235 e. The van der Waals surface area contributed by atoms with Crippen LogP contribution in [0.3, 0.4) is 0 Å². The molecule has 1 aromatic carbocycles. The highest BCUT2D eigenvalue weighted by Crippen LogP contribution is 2.41. The molecule has 3 nitrogen and oxygen atoms in total. The third kappa shape index (κ3) is 3.43. The van der Waals surface area contributed by atoms with E-state index >= 15 is 0 Å². The highest BCUT2D eigenvalue weighted by molar-refractivity contribution is 8.00. The van der Waals surface area contributed by atoms with Crippen molar-refractivity contribution in [1.29, 1.82) is 0 Å². The van der Waals surface area contributed by atoms with Gasteiger partial charge in [-0.2, -0.15) is 0 Å². The third-order valence-corrected chi connectivity index (χ3v) is 5.78. The summed E-state index contributed by atoms with van der Waals surface area (Å²) in [6, 6.07) is 8.70. The van der Waals surface area contributed by atoms with E-state index in [-0.39, 0.29) is 11.2 Å². The van der Waals surface area contributed by atoms with Gasteiger partial charge < -0.3 is 9.64 Å². The fourth-order valence-corrected chi connectivity index (χ4v) is 4.63. The number of aryl methyl sites for hydroxylation is 1. The molecule has 4 heteroatoms. The van der Waals surface area contributed by atoms with Crippen molar-refractivity contribution < 1.29 is 9.53 Å². The second-order valence-corrected chi connectivity index (χ2v) is 7.34. The van der Waals surface area contributed by atoms with Gasteiger partial charge in [0.1, 0.15) is 0 Å². The van der Waals surface area contributed by atoms with Crippen molar-refractivity contribution in [2.24, 2.45) is 0 Å². The molecule has 0 aromatic heterocycles. The Balaban J connectivity index is 1.65. The maximum Gasteiger partial charge on any atom is 0.235 e. The van der Waals surface area contributed by atoms with Crippen molar-refractivity contribution in [3.05, 3.63) is 35.4 Å². The lowest BCUT2D eigenvalue weighted by atomic mass is 9.91. The molecule has 1 heterocycles. The largest absolute Gasteiger partial charge is 0.378 e. The summed E-state index contributed by atoms with van der Waals surface area (Å²) < 4.78 is 5.33. The predicted octanol–water partition coefficient (Wildman–Crippen LogP) is 3.04. The summed E-state index contributed by atoms with van der Waals surface area (Å²) in [5, 5.41) is 0.495. The van der Waals surface area contributed by atoms with E-state index in [1.165, 1.54) is 30.4 Å². The number of amides is 1. The van der Waals surface area contributed by atoms with Gasteiger partial charge in [0.15, 0.2) is 0 Å². The Morgan fingerprint density at radius 2 is 2.10 bits per heavy atom. The number of rotatable bonds is 3. The van der Waals surface area contributed by atoms with Gasteiger partial charge in [-0.3, -0.25) is 4.79 Å². The Morgan fingerprint density at radius 3 is 2.90 bits per heavy atom. The molecule has 2 atom stereocenters. The van der Waals surface area contributed by atoms with E-state index in [1.807, 2.05) is 16.7 Å². The molecule has 0 spiro atoms. The Labute approximate surface area is 131 Å². The summed E-state index contributed by atoms with van der Waals surface area (Å²) in [6.07, 6.45) is 3.59. The van der Waals surface area contributed by atoms with Gasteiger partial charge in [-0.15, -0.1) is 11.8 Å². The summed E-state index contributed by atoms with van der Waals surface area (Å²) in [5.41, 5.74) is 2.91. The zero-order chi connectivity index (χ0) is 14.7. The van der Waals surface area contributed by atoms with E-state index in [0.29, 0.717) is 18.5 Å². The number of carbonyl (C=O) groups is 1. The number of hydrogen-bond donors (Lipinski definition) is 0. The number of ether oxygens (including phenoxy) is 1. The lowest BCUT2D eigenvalue weighted by molar-refractivity contribution is -0.134. The molecule has 0 unspecified atom stereocenters. The van der Waals surface area contributed by atoms with Crippen molar-refractivity contribution in [1.82, 2.24) is 4.90 Å². The highest BCUT2D eigenvalue weighted by Gasteiger charge is 2.28. The lowest BCUT2D eigenvalue weighted by Gasteiger charge is -2.31. The Kier molecular flexibility index (Phi) is 4.86. The maximum absolute atomic E-state index is 12.5. The second-order valence-electron chi connectivity index (χ2n) is 5.80. The Bertz CT molecular complexity index is 499. The van der Waals surface area contributed by atoms with Gasteiger partial charge in [0.2, 0.25) is 5.91 Å². The quantitative estimate of drug-likeness (QED) is 0.859. The van der Waals surface area contributed by atoms with Crippen LogP contribution >= 0.6 is 11.8 Å². The molecule has 0 saturated carbocycles. The minimum Gasteiger partial charge on any atom is -0.378 e. The predicted molar refractivity (Wildman–Crippen MR) is 86.6 cm³/mol. The standard InChI is InChI=1S/C17H23NO2S/c1-13(17(19)18-9-11-20-12-10-18)21-16-8-4-6-14-5-2-3-7-15(14)16/h2-3,5,7,13,16H,4,6,8-12H2,1H3/t13-,16-/m1/s1. The first-order chi connectivity index (χ1) is 10.3. The zero-order valence-corrected chi connectivity index (χ0v) is 13.4. The van der Waals surface area contributed by atoms with Crippen molar-refractivity contribution in [2.75, 3.05) is 26.3 Å². The van der Waals surface area contributed by atoms with E-state index in [1.54, 1.807) is 0 Å². The lowest BCUT2D eigenvalue weighted by Crippen LogP contribution is -2.44. The molecule has 1 aliphatic heterocycles. The fraction of sp³-hybridized carbons (Fsp3) is 0.588. The van der Waals surface area contributed by atoms with Gasteiger partial charge in [0.05, 0.1) is 18.5 Å². The van der Waals surface area contributed by atoms with Crippen molar-refractivity contribution in [3.8, 4) is 0 Å². The van der Waals surface area contributed by atoms with Crippen LogP contribution in [0.15, 0.2) is 24.3 Å². The van der Waals surface area contributed by atoms with E-state index in [9.17, 15) is 4.79 Å². The first kappa shape index (κ1) is 14.9. The molecule has 2 aliphatic rings. The van der Waals surface area contributed by atoms with Crippen LogP contribution in [0, 0.1) is 0 Å². The SMILES string of the molecule is C[C@@H](S[C@@H]1CCCc2ccccc21)C(=O)N1CCOCC1. The van der Waals surface area contributed by atoms with Gasteiger partial charge in [-0.05, 0) is 37.3 Å². The van der Waals surface area contributed by atoms with Crippen LogP contribution in [-0.2, 0) is 16.0 Å². The molecular formula is C17H23NO2S. The number of morpholine rings is 1. The van der Waals surface area contributed by atoms with E-state index in [4.69, 9.17) is 4.74 Å². The molecule has 0 radical (unpaired) electrons. The summed E-state index contributed by atoms with van der Waals surface area (Å²) in [5.74, 6) is 0.270. The summed E-state index contributed by atoms with van der Waals surface area (Å²) in [7, 11) is 0. The number of nitrogens with zero attached hydrogens (tertiary/aromatic N) is 1. The van der Waals surface area contributed by atoms with Crippen LogP contribution in [0.1, 0.15) is 36.1 Å². The zero-order valence-electron chi connectivity index (χ0n) is 12.6. The second kappa shape index (κ2) is 6.84. The van der Waals surface area contributed by atoms with Gasteiger partial charge >= 0.3 is 0 Å². The molecule has 1 amide bonds. The maximum atomic E-state index is 12.5. The fourth-order valence-electron chi connectivity index (χ4n) is 3.20. The number of fused-ring (bicyclic) bond motifs is 1. The van der Waals surface area contributed by atoms with E-state index in [0.717, 1.165) is 13.1 Å². The van der Waals surface area contributed by atoms with Crippen LogP contribution in [0.2, 0.25) is 0 Å². The average Bonchev–Trinajstić information content (AvgIpc) is 2.55. The molecule has 1 aromatic rings. The van der Waals surface area contributed by atoms with Crippen molar-refractivity contribution in [2.45, 2.75) is 36.7 Å². The first-order valence-electron chi connectivity index (χ1n) is 7.85. The number of thioether (sulfide) groups is 1. The minimum atomic E-state index is 0.0271. The third-order valence-electron chi connectivity index (χ3n) is 4.35.